The van der Waals surface area contributed by atoms with Crippen LogP contribution >= 0.6 is 0 Å². The summed E-state index contributed by atoms with van der Waals surface area (Å²) in [6, 6.07) is 28.7. The van der Waals surface area contributed by atoms with E-state index >= 15 is 0 Å². The molecule has 2 heterocycles. The van der Waals surface area contributed by atoms with Crippen LogP contribution in [-0.4, -0.2) is 59.0 Å². The number of rotatable bonds is 11. The highest BCUT2D eigenvalue weighted by atomic mass is 19.1. The second-order valence-electron chi connectivity index (χ2n) is 11.9. The smallest absolute Gasteiger partial charge is 0.254 e. The van der Waals surface area contributed by atoms with E-state index in [1.54, 1.807) is 33.7 Å². The van der Waals surface area contributed by atoms with Crippen molar-refractivity contribution in [3.05, 3.63) is 120 Å². The lowest BCUT2D eigenvalue weighted by Crippen LogP contribution is -2.48. The molecule has 1 fully saturated rings. The first-order valence-electron chi connectivity index (χ1n) is 17.9. The van der Waals surface area contributed by atoms with Crippen LogP contribution in [0, 0.1) is 5.82 Å². The average Bonchev–Trinajstić information content (AvgIpc) is 3.52. The zero-order valence-corrected chi connectivity index (χ0v) is 30.5. The van der Waals surface area contributed by atoms with Gasteiger partial charge in [0.05, 0.1) is 16.9 Å². The zero-order chi connectivity index (χ0) is 37.5. The van der Waals surface area contributed by atoms with Crippen LogP contribution in [0.2, 0.25) is 0 Å². The topological polar surface area (TPSA) is 132 Å². The van der Waals surface area contributed by atoms with Gasteiger partial charge < -0.3 is 35.9 Å². The number of benzene rings is 4. The van der Waals surface area contributed by atoms with Gasteiger partial charge in [0.25, 0.3) is 5.91 Å². The molecule has 0 spiro atoms. The van der Waals surface area contributed by atoms with E-state index in [1.807, 2.05) is 80.6 Å². The number of ether oxygens (including phenoxy) is 1. The Hall–Kier alpha value is -5.84. The van der Waals surface area contributed by atoms with E-state index in [1.165, 1.54) is 12.1 Å². The second kappa shape index (κ2) is 19.5. The average molecular weight is 708 g/mol. The molecule has 4 aromatic carbocycles. The summed E-state index contributed by atoms with van der Waals surface area (Å²) in [6.07, 6.45) is 4.11. The molecule has 5 N–H and O–H groups in total. The second-order valence-corrected chi connectivity index (χ2v) is 11.9. The first kappa shape index (κ1) is 39.0. The Bertz CT molecular complexity index is 1940. The van der Waals surface area contributed by atoms with E-state index in [0.717, 1.165) is 36.5 Å². The summed E-state index contributed by atoms with van der Waals surface area (Å²) in [4.78, 5) is 34.1. The van der Waals surface area contributed by atoms with Crippen LogP contribution in [0.1, 0.15) is 50.9 Å². The standard InChI is InChI=1S/C32H28FN5O3.C7H16N2.C2H6/c33-24-7-5-8-25(20-24)36-14-16-37(17-15-36)32(40)23-12-13-29-28(19-23)35-31(38(29)21-30(34)39)22-6-4-11-27(18-22)41-26-9-2-1-3-10-26;1-3-5-7(8)9-6-4-2;1-2/h1-13,18-20H,14-17,21H2,(H2,34,39);5,9H,3-4,6,8H2,1-2H3;1-2H3. The SMILES string of the molecule is CC.CCC=C(N)NCCC.NC(=O)Cn1c(-c2cccc(Oc3ccccc3)c2)nc2cc(C(=O)N3CCN(c4cccc(F)c4)CC3)ccc21. The summed E-state index contributed by atoms with van der Waals surface area (Å²) >= 11 is 0. The minimum absolute atomic E-state index is 0.0645. The number of anilines is 1. The number of nitrogens with zero attached hydrogens (tertiary/aromatic N) is 4. The highest BCUT2D eigenvalue weighted by Crippen LogP contribution is 2.30. The van der Waals surface area contributed by atoms with E-state index in [-0.39, 0.29) is 18.3 Å². The Labute approximate surface area is 305 Å². The first-order chi connectivity index (χ1) is 25.2. The summed E-state index contributed by atoms with van der Waals surface area (Å²) in [5.41, 5.74) is 14.5. The summed E-state index contributed by atoms with van der Waals surface area (Å²) < 4.78 is 21.4. The summed E-state index contributed by atoms with van der Waals surface area (Å²) in [7, 11) is 0. The molecule has 52 heavy (non-hydrogen) atoms. The summed E-state index contributed by atoms with van der Waals surface area (Å²) in [5, 5.41) is 3.07. The van der Waals surface area contributed by atoms with Crippen molar-refractivity contribution in [2.75, 3.05) is 37.6 Å². The highest BCUT2D eigenvalue weighted by Gasteiger charge is 2.24. The number of fused-ring (bicyclic) bond motifs is 1. The van der Waals surface area contributed by atoms with Crippen molar-refractivity contribution in [3.63, 3.8) is 0 Å². The minimum atomic E-state index is -0.501. The molecule has 6 rings (SSSR count). The number of primary amides is 1. The predicted octanol–water partition coefficient (Wildman–Crippen LogP) is 7.30. The van der Waals surface area contributed by atoms with Crippen LogP contribution in [0.4, 0.5) is 10.1 Å². The fourth-order valence-electron chi connectivity index (χ4n) is 5.71. The largest absolute Gasteiger partial charge is 0.457 e. The predicted molar refractivity (Wildman–Crippen MR) is 208 cm³/mol. The normalized spacial score (nSPS) is 12.7. The third kappa shape index (κ3) is 10.6. The van der Waals surface area contributed by atoms with E-state index in [2.05, 4.69) is 24.1 Å². The summed E-state index contributed by atoms with van der Waals surface area (Å²) in [6.45, 7) is 11.3. The molecule has 1 aromatic heterocycles. The Morgan fingerprint density at radius 2 is 1.58 bits per heavy atom. The van der Waals surface area contributed by atoms with Crippen LogP contribution in [0.5, 0.6) is 11.5 Å². The molecule has 0 bridgehead atoms. The van der Waals surface area contributed by atoms with Crippen LogP contribution in [0.15, 0.2) is 109 Å². The number of para-hydroxylation sites is 1. The van der Waals surface area contributed by atoms with Crippen LogP contribution in [-0.2, 0) is 11.3 Å². The molecule has 5 aromatic rings. The number of aromatic nitrogens is 2. The Balaban J connectivity index is 0.000000483. The van der Waals surface area contributed by atoms with E-state index in [0.29, 0.717) is 60.1 Å². The Morgan fingerprint density at radius 3 is 2.25 bits per heavy atom. The maximum atomic E-state index is 13.7. The van der Waals surface area contributed by atoms with Gasteiger partial charge in [-0.2, -0.15) is 0 Å². The van der Waals surface area contributed by atoms with Crippen LogP contribution in [0.3, 0.4) is 0 Å². The van der Waals surface area contributed by atoms with E-state index < -0.39 is 5.91 Å². The molecule has 0 radical (unpaired) electrons. The zero-order valence-electron chi connectivity index (χ0n) is 30.5. The Morgan fingerprint density at radius 1 is 0.865 bits per heavy atom. The lowest BCUT2D eigenvalue weighted by atomic mass is 10.1. The first-order valence-corrected chi connectivity index (χ1v) is 17.9. The van der Waals surface area contributed by atoms with E-state index in [9.17, 15) is 14.0 Å². The van der Waals surface area contributed by atoms with Gasteiger partial charge in [0, 0.05) is 49.5 Å². The number of piperazine rings is 1. The molecule has 1 saturated heterocycles. The number of amides is 2. The number of carbonyl (C=O) groups excluding carboxylic acids is 2. The van der Waals surface area contributed by atoms with Crippen molar-refractivity contribution in [1.82, 2.24) is 19.8 Å². The molecule has 0 aliphatic carbocycles. The van der Waals surface area contributed by atoms with Gasteiger partial charge in [0.15, 0.2) is 0 Å². The molecule has 10 nitrogen and oxygen atoms in total. The number of carbonyl (C=O) groups is 2. The third-order valence-electron chi connectivity index (χ3n) is 8.12. The molecule has 0 unspecified atom stereocenters. The monoisotopic (exact) mass is 707 g/mol. The lowest BCUT2D eigenvalue weighted by molar-refractivity contribution is -0.118. The van der Waals surface area contributed by atoms with Crippen molar-refractivity contribution < 1.29 is 18.7 Å². The van der Waals surface area contributed by atoms with Gasteiger partial charge >= 0.3 is 0 Å². The van der Waals surface area contributed by atoms with Crippen molar-refractivity contribution in [1.29, 1.82) is 0 Å². The van der Waals surface area contributed by atoms with Gasteiger partial charge in [-0.15, -0.1) is 0 Å². The van der Waals surface area contributed by atoms with Gasteiger partial charge in [0.1, 0.15) is 29.7 Å². The molecule has 274 valence electrons. The molecular weight excluding hydrogens is 657 g/mol. The fraction of sp³-hybridized carbons (Fsp3) is 0.293. The molecule has 2 amide bonds. The van der Waals surface area contributed by atoms with Gasteiger partial charge in [-0.05, 0) is 79.6 Å². The molecule has 0 saturated carbocycles. The quantitative estimate of drug-likeness (QED) is 0.131. The number of hydrogen-bond donors (Lipinski definition) is 3. The molecule has 1 aliphatic heterocycles. The number of halogens is 1. The number of allylic oxidation sites excluding steroid dienone is 1. The van der Waals surface area contributed by atoms with Gasteiger partial charge in [-0.25, -0.2) is 9.37 Å². The van der Waals surface area contributed by atoms with Gasteiger partial charge in [-0.3, -0.25) is 9.59 Å². The van der Waals surface area contributed by atoms with Gasteiger partial charge in [-0.1, -0.05) is 64.1 Å². The van der Waals surface area contributed by atoms with E-state index in [4.69, 9.17) is 21.2 Å². The molecule has 1 aliphatic rings. The third-order valence-corrected chi connectivity index (χ3v) is 8.12. The number of hydrogen-bond acceptors (Lipinski definition) is 7. The van der Waals surface area contributed by atoms with Crippen molar-refractivity contribution in [3.8, 4) is 22.9 Å². The molecule has 0 atom stereocenters. The van der Waals surface area contributed by atoms with Crippen molar-refractivity contribution in [2.45, 2.75) is 47.1 Å². The summed E-state index contributed by atoms with van der Waals surface area (Å²) in [5.74, 6) is 1.80. The number of nitrogens with one attached hydrogen (secondary N) is 1. The van der Waals surface area contributed by atoms with Crippen molar-refractivity contribution in [2.24, 2.45) is 11.5 Å². The minimum Gasteiger partial charge on any atom is -0.457 e. The fourth-order valence-corrected chi connectivity index (χ4v) is 5.71. The maximum Gasteiger partial charge on any atom is 0.254 e. The van der Waals surface area contributed by atoms with Crippen LogP contribution < -0.4 is 26.4 Å². The maximum absolute atomic E-state index is 13.7. The Kier molecular flexibility index (Phi) is 14.6. The van der Waals surface area contributed by atoms with Gasteiger partial charge in [0.2, 0.25) is 5.91 Å². The molecule has 11 heteroatoms. The van der Waals surface area contributed by atoms with Crippen molar-refractivity contribution >= 4 is 28.5 Å². The number of nitrogens with two attached hydrogens (primary N) is 2. The van der Waals surface area contributed by atoms with Crippen LogP contribution in [0.25, 0.3) is 22.4 Å². The molecular formula is C41H50FN7O3. The lowest BCUT2D eigenvalue weighted by Gasteiger charge is -2.36. The number of imidazole rings is 1. The highest BCUT2D eigenvalue weighted by molar-refractivity contribution is 5.98.